The number of primary sulfonamides is 1. The van der Waals surface area contributed by atoms with E-state index >= 15 is 0 Å². The summed E-state index contributed by atoms with van der Waals surface area (Å²) in [6.45, 7) is 1.96. The van der Waals surface area contributed by atoms with E-state index in [0.717, 1.165) is 18.1 Å². The van der Waals surface area contributed by atoms with E-state index in [1.165, 1.54) is 6.07 Å². The Hall–Kier alpha value is -2.09. The number of halogens is 1. The topological polar surface area (TPSA) is 115 Å². The number of nitrogens with two attached hydrogens (primary N) is 2. The van der Waals surface area contributed by atoms with E-state index in [9.17, 15) is 13.2 Å². The number of sulfonamides is 1. The third-order valence-corrected chi connectivity index (χ3v) is 4.68. The lowest BCUT2D eigenvalue weighted by Crippen LogP contribution is -2.18. The van der Waals surface area contributed by atoms with Gasteiger partial charge in [0.15, 0.2) is 0 Å². The van der Waals surface area contributed by atoms with Crippen molar-refractivity contribution in [3.05, 3.63) is 52.5 Å². The van der Waals surface area contributed by atoms with Gasteiger partial charge in [-0.05, 0) is 30.2 Å². The van der Waals surface area contributed by atoms with Crippen LogP contribution < -0.4 is 16.2 Å². The molecule has 122 valence electrons. The number of nitrogen functional groups attached to an aromatic ring is 1. The van der Waals surface area contributed by atoms with Gasteiger partial charge >= 0.3 is 0 Å². The zero-order chi connectivity index (χ0) is 17.2. The van der Waals surface area contributed by atoms with Gasteiger partial charge in [0, 0.05) is 11.4 Å². The summed E-state index contributed by atoms with van der Waals surface area (Å²) < 4.78 is 23.0. The highest BCUT2D eigenvalue weighted by molar-refractivity contribution is 7.89. The summed E-state index contributed by atoms with van der Waals surface area (Å²) in [6.07, 6.45) is 0.731. The summed E-state index contributed by atoms with van der Waals surface area (Å²) in [5, 5.41) is 7.68. The first-order valence-electron chi connectivity index (χ1n) is 6.75. The van der Waals surface area contributed by atoms with Crippen LogP contribution in [0.5, 0.6) is 0 Å². The number of carbonyl (C=O) groups is 1. The van der Waals surface area contributed by atoms with Crippen LogP contribution in [-0.2, 0) is 16.4 Å². The van der Waals surface area contributed by atoms with Crippen LogP contribution in [0, 0.1) is 0 Å². The predicted molar refractivity (Wildman–Crippen MR) is 91.0 cm³/mol. The normalized spacial score (nSPS) is 11.3. The fraction of sp³-hybridized carbons (Fsp3) is 0.133. The van der Waals surface area contributed by atoms with Crippen molar-refractivity contribution in [1.29, 1.82) is 0 Å². The molecule has 0 saturated carbocycles. The van der Waals surface area contributed by atoms with Crippen molar-refractivity contribution < 1.29 is 13.2 Å². The molecule has 6 nitrogen and oxygen atoms in total. The molecular formula is C15H16ClN3O3S. The van der Waals surface area contributed by atoms with Crippen LogP contribution in [0.2, 0.25) is 5.02 Å². The largest absolute Gasteiger partial charge is 0.398 e. The first-order valence-corrected chi connectivity index (χ1v) is 8.67. The van der Waals surface area contributed by atoms with E-state index in [1.54, 1.807) is 12.1 Å². The van der Waals surface area contributed by atoms with E-state index in [1.807, 2.05) is 19.1 Å². The van der Waals surface area contributed by atoms with E-state index < -0.39 is 15.9 Å². The van der Waals surface area contributed by atoms with Gasteiger partial charge < -0.3 is 11.1 Å². The Morgan fingerprint density at radius 3 is 2.52 bits per heavy atom. The molecule has 2 rings (SSSR count). The molecule has 2 aromatic carbocycles. The van der Waals surface area contributed by atoms with Crippen molar-refractivity contribution >= 4 is 38.9 Å². The molecule has 0 heterocycles. The molecular weight excluding hydrogens is 338 g/mol. The molecule has 0 bridgehead atoms. The lowest BCUT2D eigenvalue weighted by atomic mass is 10.1. The Labute approximate surface area is 139 Å². The number of rotatable bonds is 4. The molecule has 0 spiro atoms. The minimum atomic E-state index is -4.06. The fourth-order valence-corrected chi connectivity index (χ4v) is 3.23. The van der Waals surface area contributed by atoms with Gasteiger partial charge in [-0.2, -0.15) is 0 Å². The zero-order valence-corrected chi connectivity index (χ0v) is 13.9. The van der Waals surface area contributed by atoms with E-state index in [4.69, 9.17) is 22.5 Å². The van der Waals surface area contributed by atoms with Crippen LogP contribution in [0.15, 0.2) is 41.3 Å². The van der Waals surface area contributed by atoms with Crippen LogP contribution in [0.1, 0.15) is 22.8 Å². The van der Waals surface area contributed by atoms with Crippen LogP contribution in [0.3, 0.4) is 0 Å². The lowest BCUT2D eigenvalue weighted by molar-refractivity contribution is 0.102. The van der Waals surface area contributed by atoms with E-state index in [0.29, 0.717) is 5.69 Å². The maximum atomic E-state index is 12.4. The molecule has 8 heteroatoms. The number of carbonyl (C=O) groups excluding carboxylic acids is 1. The van der Waals surface area contributed by atoms with Gasteiger partial charge in [-0.15, -0.1) is 0 Å². The molecule has 2 aromatic rings. The number of amides is 1. The Morgan fingerprint density at radius 1 is 1.26 bits per heavy atom. The third kappa shape index (κ3) is 3.82. The van der Waals surface area contributed by atoms with Crippen LogP contribution in [0.4, 0.5) is 11.4 Å². The molecule has 1 amide bonds. The van der Waals surface area contributed by atoms with Gasteiger partial charge in [-0.3, -0.25) is 4.79 Å². The number of hydrogen-bond donors (Lipinski definition) is 3. The van der Waals surface area contributed by atoms with Crippen LogP contribution in [-0.4, -0.2) is 14.3 Å². The van der Waals surface area contributed by atoms with Crippen molar-refractivity contribution in [3.63, 3.8) is 0 Å². The van der Waals surface area contributed by atoms with Gasteiger partial charge in [0.25, 0.3) is 5.91 Å². The smallest absolute Gasteiger partial charge is 0.257 e. The zero-order valence-electron chi connectivity index (χ0n) is 12.3. The Bertz CT molecular complexity index is 866. The number of anilines is 2. The monoisotopic (exact) mass is 353 g/mol. The van der Waals surface area contributed by atoms with Gasteiger partial charge in [-0.25, -0.2) is 13.6 Å². The average molecular weight is 354 g/mol. The van der Waals surface area contributed by atoms with Crippen LogP contribution in [0.25, 0.3) is 0 Å². The number of para-hydroxylation sites is 1. The fourth-order valence-electron chi connectivity index (χ4n) is 2.12. The molecule has 5 N–H and O–H groups in total. The second-order valence-electron chi connectivity index (χ2n) is 4.88. The molecule has 0 aromatic heterocycles. The number of nitrogens with one attached hydrogen (secondary N) is 1. The van der Waals surface area contributed by atoms with Gasteiger partial charge in [-0.1, -0.05) is 36.7 Å². The Kier molecular flexibility index (Phi) is 4.93. The maximum Gasteiger partial charge on any atom is 0.257 e. The van der Waals surface area contributed by atoms with Gasteiger partial charge in [0.05, 0.1) is 10.6 Å². The second-order valence-corrected chi connectivity index (χ2v) is 6.82. The summed E-state index contributed by atoms with van der Waals surface area (Å²) >= 11 is 5.83. The first-order chi connectivity index (χ1) is 10.7. The van der Waals surface area contributed by atoms with Crippen molar-refractivity contribution in [2.24, 2.45) is 5.14 Å². The average Bonchev–Trinajstić information content (AvgIpc) is 2.46. The molecule has 0 atom stereocenters. The minimum absolute atomic E-state index is 0.00988. The highest BCUT2D eigenvalue weighted by Crippen LogP contribution is 2.27. The van der Waals surface area contributed by atoms with Crippen molar-refractivity contribution in [2.75, 3.05) is 11.1 Å². The summed E-state index contributed by atoms with van der Waals surface area (Å²) in [4.78, 5) is 12.1. The summed E-state index contributed by atoms with van der Waals surface area (Å²) in [7, 11) is -4.06. The van der Waals surface area contributed by atoms with Crippen molar-refractivity contribution in [1.82, 2.24) is 0 Å². The number of benzene rings is 2. The second kappa shape index (κ2) is 6.57. The highest BCUT2D eigenvalue weighted by atomic mass is 35.5. The molecule has 0 aliphatic rings. The molecule has 0 unspecified atom stereocenters. The predicted octanol–water partition coefficient (Wildman–Crippen LogP) is 2.38. The van der Waals surface area contributed by atoms with Crippen LogP contribution >= 0.6 is 11.6 Å². The van der Waals surface area contributed by atoms with Gasteiger partial charge in [0.2, 0.25) is 10.0 Å². The number of hydrogen-bond acceptors (Lipinski definition) is 4. The van der Waals surface area contributed by atoms with E-state index in [-0.39, 0.29) is 21.2 Å². The van der Waals surface area contributed by atoms with E-state index in [2.05, 4.69) is 5.32 Å². The molecule has 23 heavy (non-hydrogen) atoms. The SMILES string of the molecule is CCc1ccccc1NC(=O)c1cc(S(N)(=O)=O)c(Cl)cc1N. The Morgan fingerprint density at radius 2 is 1.91 bits per heavy atom. The molecule has 0 saturated heterocycles. The first kappa shape index (κ1) is 17.3. The number of aryl methyl sites for hydroxylation is 1. The molecule has 0 radical (unpaired) electrons. The molecule has 0 aliphatic carbocycles. The molecule has 0 aliphatic heterocycles. The Balaban J connectivity index is 2.44. The maximum absolute atomic E-state index is 12.4. The molecule has 0 fully saturated rings. The lowest BCUT2D eigenvalue weighted by Gasteiger charge is -2.12. The van der Waals surface area contributed by atoms with Gasteiger partial charge in [0.1, 0.15) is 4.90 Å². The quantitative estimate of drug-likeness (QED) is 0.732. The minimum Gasteiger partial charge on any atom is -0.398 e. The van der Waals surface area contributed by atoms with Crippen molar-refractivity contribution in [3.8, 4) is 0 Å². The van der Waals surface area contributed by atoms with Crippen molar-refractivity contribution in [2.45, 2.75) is 18.2 Å². The third-order valence-electron chi connectivity index (χ3n) is 3.30. The summed E-state index contributed by atoms with van der Waals surface area (Å²) in [5.41, 5.74) is 7.41. The summed E-state index contributed by atoms with van der Waals surface area (Å²) in [5.74, 6) is -0.537. The summed E-state index contributed by atoms with van der Waals surface area (Å²) in [6, 6.07) is 9.57. The highest BCUT2D eigenvalue weighted by Gasteiger charge is 2.20. The standard InChI is InChI=1S/C15H16ClN3O3S/c1-2-9-5-3-4-6-13(9)19-15(20)10-7-14(23(18,21)22)11(16)8-12(10)17/h3-8H,2,17H2,1H3,(H,19,20)(H2,18,21,22).